The molecule has 0 aromatic carbocycles. The number of ether oxygens (including phenoxy) is 5. The summed E-state index contributed by atoms with van der Waals surface area (Å²) in [6.45, 7) is 7.36. The number of hydrogen-bond acceptors (Lipinski definition) is 5. The minimum absolute atomic E-state index is 0.500. The van der Waals surface area contributed by atoms with Crippen LogP contribution in [0.25, 0.3) is 0 Å². The molecule has 3 fully saturated rings. The fraction of sp³-hybridized carbons (Fsp3) is 1.00. The first-order chi connectivity index (χ1) is 8.50. The van der Waals surface area contributed by atoms with Gasteiger partial charge in [0.25, 0.3) is 0 Å². The molecule has 3 aliphatic rings. The lowest BCUT2D eigenvalue weighted by molar-refractivity contribution is -0.0963. The van der Waals surface area contributed by atoms with E-state index >= 15 is 0 Å². The molecule has 0 aromatic heterocycles. The normalized spacial score (nSPS) is 24.0. The van der Waals surface area contributed by atoms with Crippen LogP contribution in [0.3, 0.4) is 0 Å². The van der Waals surface area contributed by atoms with Crippen LogP contribution in [0, 0.1) is 0 Å². The minimum atomic E-state index is 0.500. The highest BCUT2D eigenvalue weighted by molar-refractivity contribution is 4.43. The van der Waals surface area contributed by atoms with Gasteiger partial charge in [-0.25, -0.2) is 0 Å². The summed E-state index contributed by atoms with van der Waals surface area (Å²) < 4.78 is 24.5. The Morgan fingerprint density at radius 3 is 0.941 bits per heavy atom. The van der Waals surface area contributed by atoms with Crippen molar-refractivity contribution in [1.82, 2.24) is 0 Å². The molecule has 5 heteroatoms. The van der Waals surface area contributed by atoms with E-state index in [1.54, 1.807) is 0 Å². The fourth-order valence-electron chi connectivity index (χ4n) is 1.39. The zero-order chi connectivity index (χ0) is 12.0. The van der Waals surface area contributed by atoms with Crippen molar-refractivity contribution in [2.75, 3.05) is 59.6 Å². The van der Waals surface area contributed by atoms with Gasteiger partial charge in [-0.1, -0.05) is 0 Å². The third-order valence-electron chi connectivity index (χ3n) is 2.32. The molecule has 17 heavy (non-hydrogen) atoms. The van der Waals surface area contributed by atoms with Crippen molar-refractivity contribution in [2.24, 2.45) is 0 Å². The second kappa shape index (κ2) is 12.3. The van der Waals surface area contributed by atoms with Crippen LogP contribution in [-0.4, -0.2) is 59.6 Å². The quantitative estimate of drug-likeness (QED) is 0.645. The molecule has 0 amide bonds. The van der Waals surface area contributed by atoms with Gasteiger partial charge in [-0.2, -0.15) is 0 Å². The molecule has 0 N–H and O–H groups in total. The molecule has 0 saturated carbocycles. The van der Waals surface area contributed by atoms with Crippen LogP contribution in [0.15, 0.2) is 0 Å². The van der Waals surface area contributed by atoms with E-state index in [2.05, 4.69) is 0 Å². The molecule has 0 unspecified atom stereocenters. The molecule has 102 valence electrons. The summed E-state index contributed by atoms with van der Waals surface area (Å²) in [6, 6.07) is 0. The Morgan fingerprint density at radius 2 is 0.765 bits per heavy atom. The molecule has 5 nitrogen and oxygen atoms in total. The van der Waals surface area contributed by atoms with Gasteiger partial charge in [-0.15, -0.1) is 0 Å². The first-order valence-corrected chi connectivity index (χ1v) is 6.39. The molecule has 0 aromatic rings. The van der Waals surface area contributed by atoms with E-state index < -0.39 is 0 Å². The lowest BCUT2D eigenvalue weighted by atomic mass is 10.4. The van der Waals surface area contributed by atoms with Crippen LogP contribution in [0.1, 0.15) is 19.3 Å². The van der Waals surface area contributed by atoms with E-state index in [1.807, 2.05) is 0 Å². The fourth-order valence-corrected chi connectivity index (χ4v) is 1.39. The van der Waals surface area contributed by atoms with E-state index in [4.69, 9.17) is 23.7 Å². The summed E-state index contributed by atoms with van der Waals surface area (Å²) in [5, 5.41) is 0. The average molecular weight is 248 g/mol. The second-order valence-corrected chi connectivity index (χ2v) is 3.83. The van der Waals surface area contributed by atoms with Crippen LogP contribution >= 0.6 is 0 Å². The van der Waals surface area contributed by atoms with Gasteiger partial charge in [-0.05, 0) is 19.3 Å². The smallest absolute Gasteiger partial charge is 0.146 e. The van der Waals surface area contributed by atoms with Crippen LogP contribution in [0.5, 0.6) is 0 Å². The summed E-state index contributed by atoms with van der Waals surface area (Å²) in [6.07, 6.45) is 3.61. The average Bonchev–Trinajstić information content (AvgIpc) is 3.03. The van der Waals surface area contributed by atoms with Gasteiger partial charge < -0.3 is 23.7 Å². The first kappa shape index (κ1) is 14.9. The summed E-state index contributed by atoms with van der Waals surface area (Å²) >= 11 is 0. The van der Waals surface area contributed by atoms with Crippen LogP contribution in [0.2, 0.25) is 0 Å². The third-order valence-corrected chi connectivity index (χ3v) is 2.32. The molecule has 0 aliphatic carbocycles. The third kappa shape index (κ3) is 10.7. The summed E-state index contributed by atoms with van der Waals surface area (Å²) in [5.74, 6) is 0. The van der Waals surface area contributed by atoms with E-state index in [0.717, 1.165) is 59.3 Å². The van der Waals surface area contributed by atoms with Gasteiger partial charge in [0.05, 0.1) is 39.6 Å². The number of hydrogen-bond donors (Lipinski definition) is 0. The van der Waals surface area contributed by atoms with E-state index in [1.165, 1.54) is 12.8 Å². The summed E-state index contributed by atoms with van der Waals surface area (Å²) in [7, 11) is 0. The van der Waals surface area contributed by atoms with Gasteiger partial charge in [0.15, 0.2) is 0 Å². The van der Waals surface area contributed by atoms with E-state index in [0.29, 0.717) is 6.79 Å². The predicted molar refractivity (Wildman–Crippen MR) is 63.1 cm³/mol. The van der Waals surface area contributed by atoms with Crippen molar-refractivity contribution in [3.05, 3.63) is 0 Å². The van der Waals surface area contributed by atoms with Crippen LogP contribution < -0.4 is 0 Å². The SMILES string of the molecule is C1CCOC1.C1COCCO1.C1COCOC1. The molecule has 0 spiro atoms. The summed E-state index contributed by atoms with van der Waals surface area (Å²) in [5.41, 5.74) is 0. The lowest BCUT2D eigenvalue weighted by Crippen LogP contribution is -2.16. The highest BCUT2D eigenvalue weighted by Crippen LogP contribution is 1.98. The zero-order valence-electron chi connectivity index (χ0n) is 10.5. The Kier molecular flexibility index (Phi) is 10.7. The Bertz CT molecular complexity index is 99.2. The van der Waals surface area contributed by atoms with Crippen molar-refractivity contribution < 1.29 is 23.7 Å². The molecule has 0 bridgehead atoms. The molecular formula is C12H24O5. The van der Waals surface area contributed by atoms with Gasteiger partial charge in [0.1, 0.15) is 6.79 Å². The number of rotatable bonds is 0. The van der Waals surface area contributed by atoms with E-state index in [-0.39, 0.29) is 0 Å². The van der Waals surface area contributed by atoms with Crippen LogP contribution in [0.4, 0.5) is 0 Å². The Morgan fingerprint density at radius 1 is 0.353 bits per heavy atom. The van der Waals surface area contributed by atoms with Crippen LogP contribution in [-0.2, 0) is 23.7 Å². The molecule has 0 radical (unpaired) electrons. The Balaban J connectivity index is 0.000000128. The van der Waals surface area contributed by atoms with Gasteiger partial charge in [0.2, 0.25) is 0 Å². The Labute approximate surface area is 103 Å². The first-order valence-electron chi connectivity index (χ1n) is 6.39. The van der Waals surface area contributed by atoms with Crippen molar-refractivity contribution >= 4 is 0 Å². The molecule has 3 heterocycles. The topological polar surface area (TPSA) is 46.2 Å². The monoisotopic (exact) mass is 248 g/mol. The largest absolute Gasteiger partial charge is 0.381 e. The van der Waals surface area contributed by atoms with Gasteiger partial charge >= 0.3 is 0 Å². The highest BCUT2D eigenvalue weighted by Gasteiger charge is 1.95. The van der Waals surface area contributed by atoms with Gasteiger partial charge in [-0.3, -0.25) is 0 Å². The predicted octanol–water partition coefficient (Wildman–Crippen LogP) is 1.21. The highest BCUT2D eigenvalue weighted by atomic mass is 16.7. The van der Waals surface area contributed by atoms with Crippen molar-refractivity contribution in [3.63, 3.8) is 0 Å². The Hall–Kier alpha value is -0.200. The maximum Gasteiger partial charge on any atom is 0.146 e. The molecule has 0 atom stereocenters. The second-order valence-electron chi connectivity index (χ2n) is 3.83. The van der Waals surface area contributed by atoms with Crippen molar-refractivity contribution in [2.45, 2.75) is 19.3 Å². The maximum atomic E-state index is 4.94. The molecule has 3 saturated heterocycles. The lowest BCUT2D eigenvalue weighted by Gasteiger charge is -2.09. The summed E-state index contributed by atoms with van der Waals surface area (Å²) in [4.78, 5) is 0. The van der Waals surface area contributed by atoms with Crippen molar-refractivity contribution in [1.29, 1.82) is 0 Å². The minimum Gasteiger partial charge on any atom is -0.381 e. The van der Waals surface area contributed by atoms with Gasteiger partial charge in [0, 0.05) is 13.2 Å². The molecule has 3 aliphatic heterocycles. The van der Waals surface area contributed by atoms with E-state index in [9.17, 15) is 0 Å². The molecular weight excluding hydrogens is 224 g/mol. The van der Waals surface area contributed by atoms with Crippen molar-refractivity contribution in [3.8, 4) is 0 Å². The standard InChI is InChI=1S/2C4H8O2.C4H8O/c1-2-6-4-3-5-1;1-2-5-4-6-3-1;1-2-4-5-3-1/h2*1-4H2;1-4H2. The maximum absolute atomic E-state index is 4.94. The zero-order valence-corrected chi connectivity index (χ0v) is 10.5. The molecule has 3 rings (SSSR count).